The average Bonchev–Trinajstić information content (AvgIpc) is 2.91. The zero-order valence-electron chi connectivity index (χ0n) is 12.0. The molecule has 0 saturated carbocycles. The Morgan fingerprint density at radius 1 is 1.33 bits per heavy atom. The molecule has 0 amide bonds. The van der Waals surface area contributed by atoms with Gasteiger partial charge in [-0.05, 0) is 43.2 Å². The van der Waals surface area contributed by atoms with Crippen molar-refractivity contribution in [2.24, 2.45) is 0 Å². The van der Waals surface area contributed by atoms with E-state index in [1.165, 1.54) is 6.07 Å². The minimum atomic E-state index is -3.63. The van der Waals surface area contributed by atoms with E-state index in [9.17, 15) is 8.42 Å². The fourth-order valence-corrected chi connectivity index (χ4v) is 3.67. The van der Waals surface area contributed by atoms with Crippen molar-refractivity contribution in [3.63, 3.8) is 0 Å². The minimum absolute atomic E-state index is 0.190. The van der Waals surface area contributed by atoms with Crippen molar-refractivity contribution in [1.29, 1.82) is 0 Å². The van der Waals surface area contributed by atoms with Crippen LogP contribution in [0.1, 0.15) is 23.8 Å². The maximum atomic E-state index is 12.4. The van der Waals surface area contributed by atoms with Crippen LogP contribution in [0.5, 0.6) is 0 Å². The summed E-state index contributed by atoms with van der Waals surface area (Å²) in [6.07, 6.45) is 2.04. The highest BCUT2D eigenvalue weighted by Gasteiger charge is 2.20. The lowest BCUT2D eigenvalue weighted by atomic mass is 10.2. The van der Waals surface area contributed by atoms with Gasteiger partial charge < -0.3 is 9.52 Å². The molecule has 1 heterocycles. The first kappa shape index (κ1) is 15.8. The summed E-state index contributed by atoms with van der Waals surface area (Å²) in [6.45, 7) is 3.32. The highest BCUT2D eigenvalue weighted by Crippen LogP contribution is 2.18. The first-order valence-corrected chi connectivity index (χ1v) is 8.16. The average molecular weight is 309 g/mol. The molecular weight excluding hydrogens is 290 g/mol. The summed E-state index contributed by atoms with van der Waals surface area (Å²) in [5.74, 6) is 0.728. The molecule has 2 aromatic rings. The molecule has 0 saturated heterocycles. The van der Waals surface area contributed by atoms with E-state index < -0.39 is 10.0 Å². The van der Waals surface area contributed by atoms with Crippen LogP contribution in [0.25, 0.3) is 0 Å². The predicted octanol–water partition coefficient (Wildman–Crippen LogP) is 1.99. The van der Waals surface area contributed by atoms with Gasteiger partial charge in [0.15, 0.2) is 0 Å². The smallest absolute Gasteiger partial charge is 0.241 e. The van der Waals surface area contributed by atoms with Crippen LogP contribution in [0.2, 0.25) is 0 Å². The Labute approximate surface area is 124 Å². The normalized spacial score (nSPS) is 13.3. The first-order chi connectivity index (χ1) is 9.92. The summed E-state index contributed by atoms with van der Waals surface area (Å²) in [6, 6.07) is 8.18. The quantitative estimate of drug-likeness (QED) is 0.855. The predicted molar refractivity (Wildman–Crippen MR) is 79.3 cm³/mol. The Morgan fingerprint density at radius 3 is 2.71 bits per heavy atom. The maximum Gasteiger partial charge on any atom is 0.241 e. The van der Waals surface area contributed by atoms with Gasteiger partial charge in [0, 0.05) is 12.5 Å². The van der Waals surface area contributed by atoms with Crippen LogP contribution in [-0.4, -0.2) is 19.6 Å². The van der Waals surface area contributed by atoms with Crippen molar-refractivity contribution in [1.82, 2.24) is 4.72 Å². The molecule has 2 N–H and O–H groups in total. The molecule has 0 spiro atoms. The zero-order chi connectivity index (χ0) is 15.5. The Kier molecular flexibility index (Phi) is 4.82. The van der Waals surface area contributed by atoms with Gasteiger partial charge in [0.1, 0.15) is 5.76 Å². The van der Waals surface area contributed by atoms with Crippen molar-refractivity contribution >= 4 is 10.0 Å². The third-order valence-corrected chi connectivity index (χ3v) is 4.90. The Hall–Kier alpha value is -1.63. The number of furan rings is 1. The fourth-order valence-electron chi connectivity index (χ4n) is 2.13. The van der Waals surface area contributed by atoms with E-state index in [0.717, 1.165) is 5.76 Å². The summed E-state index contributed by atoms with van der Waals surface area (Å²) < 4.78 is 32.7. The number of nitrogens with one attached hydrogen (secondary N) is 1. The van der Waals surface area contributed by atoms with Crippen molar-refractivity contribution in [3.8, 4) is 0 Å². The molecule has 0 aliphatic rings. The second-order valence-electron chi connectivity index (χ2n) is 5.06. The topological polar surface area (TPSA) is 79.5 Å². The maximum absolute atomic E-state index is 12.4. The number of hydrogen-bond acceptors (Lipinski definition) is 4. The van der Waals surface area contributed by atoms with E-state index in [-0.39, 0.29) is 17.5 Å². The van der Waals surface area contributed by atoms with Gasteiger partial charge in [-0.3, -0.25) is 0 Å². The van der Waals surface area contributed by atoms with Gasteiger partial charge in [-0.1, -0.05) is 12.1 Å². The highest BCUT2D eigenvalue weighted by atomic mass is 32.2. The summed E-state index contributed by atoms with van der Waals surface area (Å²) in [4.78, 5) is 0.195. The van der Waals surface area contributed by atoms with E-state index in [0.29, 0.717) is 17.5 Å². The van der Waals surface area contributed by atoms with E-state index >= 15 is 0 Å². The molecule has 1 aromatic heterocycles. The van der Waals surface area contributed by atoms with Gasteiger partial charge in [0.05, 0.1) is 17.8 Å². The van der Waals surface area contributed by atoms with Gasteiger partial charge in [0.25, 0.3) is 0 Å². The number of aryl methyl sites for hydroxylation is 1. The molecule has 0 radical (unpaired) electrons. The van der Waals surface area contributed by atoms with Gasteiger partial charge in [-0.2, -0.15) is 0 Å². The van der Waals surface area contributed by atoms with E-state index in [2.05, 4.69) is 4.72 Å². The molecular formula is C15H19NO4S. The summed E-state index contributed by atoms with van der Waals surface area (Å²) >= 11 is 0. The minimum Gasteiger partial charge on any atom is -0.469 e. The number of rotatable bonds is 6. The standard InChI is InChI=1S/C15H19NO4S/c1-11-5-6-13(10-17)9-15(11)21(18,19)16-12(2)8-14-4-3-7-20-14/h3-7,9,12,16-17H,8,10H2,1-2H3. The molecule has 0 fully saturated rings. The fraction of sp³-hybridized carbons (Fsp3) is 0.333. The number of hydrogen-bond donors (Lipinski definition) is 2. The second-order valence-corrected chi connectivity index (χ2v) is 6.75. The Bertz CT molecular complexity index is 692. The lowest BCUT2D eigenvalue weighted by Gasteiger charge is -2.15. The molecule has 1 unspecified atom stereocenters. The molecule has 5 nitrogen and oxygen atoms in total. The van der Waals surface area contributed by atoms with Crippen LogP contribution in [0, 0.1) is 6.92 Å². The first-order valence-electron chi connectivity index (χ1n) is 6.67. The molecule has 114 valence electrons. The Morgan fingerprint density at radius 2 is 2.10 bits per heavy atom. The third kappa shape index (κ3) is 3.93. The second kappa shape index (κ2) is 6.43. The van der Waals surface area contributed by atoms with Gasteiger partial charge in [0.2, 0.25) is 10.0 Å². The zero-order valence-corrected chi connectivity index (χ0v) is 12.9. The number of aliphatic hydroxyl groups excluding tert-OH is 1. The molecule has 2 rings (SSSR count). The molecule has 0 bridgehead atoms. The Balaban J connectivity index is 2.18. The van der Waals surface area contributed by atoms with Crippen molar-refractivity contribution in [3.05, 3.63) is 53.5 Å². The van der Waals surface area contributed by atoms with Crippen LogP contribution >= 0.6 is 0 Å². The van der Waals surface area contributed by atoms with E-state index in [4.69, 9.17) is 9.52 Å². The van der Waals surface area contributed by atoms with Crippen LogP contribution < -0.4 is 4.72 Å². The number of benzene rings is 1. The van der Waals surface area contributed by atoms with Crippen LogP contribution in [0.15, 0.2) is 45.9 Å². The van der Waals surface area contributed by atoms with Gasteiger partial charge in [-0.15, -0.1) is 0 Å². The molecule has 6 heteroatoms. The van der Waals surface area contributed by atoms with Crippen LogP contribution in [-0.2, 0) is 23.1 Å². The molecule has 1 atom stereocenters. The molecule has 1 aromatic carbocycles. The molecule has 0 aliphatic carbocycles. The van der Waals surface area contributed by atoms with Gasteiger partial charge >= 0.3 is 0 Å². The SMILES string of the molecule is Cc1ccc(CO)cc1S(=O)(=O)NC(C)Cc1ccco1. The molecule has 21 heavy (non-hydrogen) atoms. The summed E-state index contributed by atoms with van der Waals surface area (Å²) in [5, 5.41) is 9.14. The lowest BCUT2D eigenvalue weighted by Crippen LogP contribution is -2.34. The number of aliphatic hydroxyl groups is 1. The van der Waals surface area contributed by atoms with Gasteiger partial charge in [-0.25, -0.2) is 13.1 Å². The number of sulfonamides is 1. The van der Waals surface area contributed by atoms with E-state index in [1.807, 2.05) is 6.07 Å². The van der Waals surface area contributed by atoms with Crippen molar-refractivity contribution in [2.75, 3.05) is 0 Å². The third-order valence-electron chi connectivity index (χ3n) is 3.17. The van der Waals surface area contributed by atoms with Crippen molar-refractivity contribution in [2.45, 2.75) is 37.8 Å². The summed E-state index contributed by atoms with van der Waals surface area (Å²) in [5.41, 5.74) is 1.21. The lowest BCUT2D eigenvalue weighted by molar-refractivity contribution is 0.281. The monoisotopic (exact) mass is 309 g/mol. The molecule has 0 aliphatic heterocycles. The highest BCUT2D eigenvalue weighted by molar-refractivity contribution is 7.89. The van der Waals surface area contributed by atoms with Crippen LogP contribution in [0.4, 0.5) is 0 Å². The van der Waals surface area contributed by atoms with Crippen molar-refractivity contribution < 1.29 is 17.9 Å². The van der Waals surface area contributed by atoms with Crippen LogP contribution in [0.3, 0.4) is 0 Å². The summed E-state index contributed by atoms with van der Waals surface area (Å²) in [7, 11) is -3.63. The van der Waals surface area contributed by atoms with E-state index in [1.54, 1.807) is 38.3 Å². The largest absolute Gasteiger partial charge is 0.469 e.